The maximum absolute atomic E-state index is 13.2. The lowest BCUT2D eigenvalue weighted by molar-refractivity contribution is -0.138. The van der Waals surface area contributed by atoms with Gasteiger partial charge in [0.25, 0.3) is 0 Å². The zero-order valence-electron chi connectivity index (χ0n) is 9.18. The second-order valence-corrected chi connectivity index (χ2v) is 3.47. The SMILES string of the molecule is N#Cc1c(F)cccc1NC(=O)C(N)CC(=O)O. The number of nitriles is 1. The van der Waals surface area contributed by atoms with E-state index in [4.69, 9.17) is 16.1 Å². The van der Waals surface area contributed by atoms with E-state index in [1.165, 1.54) is 12.1 Å². The minimum atomic E-state index is -1.27. The van der Waals surface area contributed by atoms with Crippen molar-refractivity contribution in [2.24, 2.45) is 5.73 Å². The average molecular weight is 251 g/mol. The van der Waals surface area contributed by atoms with Crippen LogP contribution < -0.4 is 11.1 Å². The molecular formula is C11H10FN3O3. The molecule has 6 nitrogen and oxygen atoms in total. The number of nitrogens with one attached hydrogen (secondary N) is 1. The Hall–Kier alpha value is -2.46. The smallest absolute Gasteiger partial charge is 0.305 e. The van der Waals surface area contributed by atoms with Crippen LogP contribution in [-0.2, 0) is 9.59 Å². The highest BCUT2D eigenvalue weighted by Crippen LogP contribution is 2.17. The van der Waals surface area contributed by atoms with Crippen molar-refractivity contribution >= 4 is 17.6 Å². The fraction of sp³-hybridized carbons (Fsp3) is 0.182. The maximum Gasteiger partial charge on any atom is 0.305 e. The van der Waals surface area contributed by atoms with Gasteiger partial charge in [0.15, 0.2) is 0 Å². The van der Waals surface area contributed by atoms with Gasteiger partial charge in [0.05, 0.1) is 18.2 Å². The van der Waals surface area contributed by atoms with Gasteiger partial charge in [0, 0.05) is 0 Å². The lowest BCUT2D eigenvalue weighted by atomic mass is 10.1. The van der Waals surface area contributed by atoms with Gasteiger partial charge in [-0.3, -0.25) is 9.59 Å². The molecule has 0 aromatic heterocycles. The topological polar surface area (TPSA) is 116 Å². The van der Waals surface area contributed by atoms with Crippen LogP contribution in [0.3, 0.4) is 0 Å². The summed E-state index contributed by atoms with van der Waals surface area (Å²) in [6, 6.07) is 4.05. The van der Waals surface area contributed by atoms with E-state index in [1.807, 2.05) is 0 Å². The minimum absolute atomic E-state index is 0.0386. The number of nitrogens with two attached hydrogens (primary N) is 1. The number of carboxylic acid groups (broad SMARTS) is 1. The molecule has 0 aliphatic carbocycles. The van der Waals surface area contributed by atoms with Crippen LogP contribution in [0.2, 0.25) is 0 Å². The van der Waals surface area contributed by atoms with Crippen molar-refractivity contribution in [3.8, 4) is 6.07 Å². The summed E-state index contributed by atoms with van der Waals surface area (Å²) >= 11 is 0. The Kier molecular flexibility index (Phi) is 4.34. The summed E-state index contributed by atoms with van der Waals surface area (Å²) in [6.07, 6.45) is -0.553. The third kappa shape index (κ3) is 3.26. The number of hydrogen-bond donors (Lipinski definition) is 3. The standard InChI is InChI=1S/C11H10FN3O3/c12-7-2-1-3-9(6(7)5-13)15-11(18)8(14)4-10(16)17/h1-3,8H,4,14H2,(H,15,18)(H,16,17). The highest BCUT2D eigenvalue weighted by atomic mass is 19.1. The summed E-state index contributed by atoms with van der Waals surface area (Å²) in [4.78, 5) is 21.9. The number of carboxylic acids is 1. The van der Waals surface area contributed by atoms with Crippen molar-refractivity contribution in [2.75, 3.05) is 5.32 Å². The first-order valence-corrected chi connectivity index (χ1v) is 4.92. The van der Waals surface area contributed by atoms with Crippen LogP contribution in [0, 0.1) is 17.1 Å². The first-order valence-electron chi connectivity index (χ1n) is 4.92. The fourth-order valence-electron chi connectivity index (χ4n) is 1.25. The molecule has 94 valence electrons. The number of halogens is 1. The molecule has 0 bridgehead atoms. The van der Waals surface area contributed by atoms with Crippen molar-refractivity contribution in [2.45, 2.75) is 12.5 Å². The van der Waals surface area contributed by atoms with Crippen LogP contribution in [0.5, 0.6) is 0 Å². The van der Waals surface area contributed by atoms with Gasteiger partial charge >= 0.3 is 5.97 Å². The van der Waals surface area contributed by atoms with E-state index in [0.29, 0.717) is 0 Å². The monoisotopic (exact) mass is 251 g/mol. The van der Waals surface area contributed by atoms with Crippen LogP contribution >= 0.6 is 0 Å². The lowest BCUT2D eigenvalue weighted by Crippen LogP contribution is -2.37. The predicted octanol–water partition coefficient (Wildman–Crippen LogP) is 0.438. The van der Waals surface area contributed by atoms with E-state index in [2.05, 4.69) is 5.32 Å². The second kappa shape index (κ2) is 5.75. The van der Waals surface area contributed by atoms with E-state index < -0.39 is 30.2 Å². The Morgan fingerprint density at radius 3 is 2.78 bits per heavy atom. The van der Waals surface area contributed by atoms with Gasteiger partial charge in [0.1, 0.15) is 17.4 Å². The summed E-state index contributed by atoms with van der Waals surface area (Å²) in [5, 5.41) is 19.4. The fourth-order valence-corrected chi connectivity index (χ4v) is 1.25. The molecule has 0 radical (unpaired) electrons. The molecule has 4 N–H and O–H groups in total. The zero-order chi connectivity index (χ0) is 13.7. The molecule has 0 saturated carbocycles. The number of aliphatic carboxylic acids is 1. The summed E-state index contributed by atoms with van der Waals surface area (Å²) < 4.78 is 13.2. The van der Waals surface area contributed by atoms with Crippen LogP contribution in [0.4, 0.5) is 10.1 Å². The minimum Gasteiger partial charge on any atom is -0.481 e. The Balaban J connectivity index is 2.86. The van der Waals surface area contributed by atoms with Gasteiger partial charge in [-0.1, -0.05) is 6.07 Å². The predicted molar refractivity (Wildman–Crippen MR) is 60.0 cm³/mol. The molecule has 0 aliphatic heterocycles. The highest BCUT2D eigenvalue weighted by molar-refractivity contribution is 5.97. The van der Waals surface area contributed by atoms with Crippen molar-refractivity contribution < 1.29 is 19.1 Å². The molecule has 1 unspecified atom stereocenters. The molecular weight excluding hydrogens is 241 g/mol. The number of carbonyl (C=O) groups excluding carboxylic acids is 1. The molecule has 0 spiro atoms. The molecule has 0 saturated heterocycles. The van der Waals surface area contributed by atoms with Crippen LogP contribution in [-0.4, -0.2) is 23.0 Å². The molecule has 7 heteroatoms. The molecule has 1 rings (SSSR count). The van der Waals surface area contributed by atoms with Gasteiger partial charge in [-0.2, -0.15) is 5.26 Å². The third-order valence-electron chi connectivity index (χ3n) is 2.11. The molecule has 0 heterocycles. The normalized spacial score (nSPS) is 11.4. The van der Waals surface area contributed by atoms with E-state index in [1.54, 1.807) is 6.07 Å². The Morgan fingerprint density at radius 1 is 1.56 bits per heavy atom. The molecule has 1 atom stereocenters. The lowest BCUT2D eigenvalue weighted by Gasteiger charge is -2.11. The summed E-state index contributed by atoms with van der Waals surface area (Å²) in [5.41, 5.74) is 4.96. The number of carbonyl (C=O) groups is 2. The van der Waals surface area contributed by atoms with Crippen molar-refractivity contribution in [1.29, 1.82) is 5.26 Å². The van der Waals surface area contributed by atoms with Gasteiger partial charge < -0.3 is 16.2 Å². The molecule has 1 amide bonds. The van der Waals surface area contributed by atoms with E-state index in [0.717, 1.165) is 6.07 Å². The van der Waals surface area contributed by atoms with Crippen molar-refractivity contribution in [3.63, 3.8) is 0 Å². The first-order chi connectivity index (χ1) is 8.45. The van der Waals surface area contributed by atoms with E-state index in [-0.39, 0.29) is 11.3 Å². The molecule has 18 heavy (non-hydrogen) atoms. The number of nitrogens with zero attached hydrogens (tertiary/aromatic N) is 1. The van der Waals surface area contributed by atoms with Gasteiger partial charge in [-0.15, -0.1) is 0 Å². The summed E-state index contributed by atoms with van der Waals surface area (Å²) in [5.74, 6) is -2.79. The van der Waals surface area contributed by atoms with Crippen LogP contribution in [0.15, 0.2) is 18.2 Å². The van der Waals surface area contributed by atoms with Crippen molar-refractivity contribution in [3.05, 3.63) is 29.6 Å². The van der Waals surface area contributed by atoms with Crippen LogP contribution in [0.1, 0.15) is 12.0 Å². The van der Waals surface area contributed by atoms with Gasteiger partial charge in [0.2, 0.25) is 5.91 Å². The average Bonchev–Trinajstić information content (AvgIpc) is 2.28. The number of rotatable bonds is 4. The molecule has 0 fully saturated rings. The van der Waals surface area contributed by atoms with Gasteiger partial charge in [-0.05, 0) is 12.1 Å². The Bertz CT molecular complexity index is 525. The summed E-state index contributed by atoms with van der Waals surface area (Å²) in [6.45, 7) is 0. The van der Waals surface area contributed by atoms with Crippen molar-refractivity contribution in [1.82, 2.24) is 0 Å². The maximum atomic E-state index is 13.2. The first kappa shape index (κ1) is 13.6. The summed E-state index contributed by atoms with van der Waals surface area (Å²) in [7, 11) is 0. The number of hydrogen-bond acceptors (Lipinski definition) is 4. The molecule has 1 aromatic carbocycles. The highest BCUT2D eigenvalue weighted by Gasteiger charge is 2.19. The largest absolute Gasteiger partial charge is 0.481 e. The number of amides is 1. The van der Waals surface area contributed by atoms with Crippen LogP contribution in [0.25, 0.3) is 0 Å². The van der Waals surface area contributed by atoms with Gasteiger partial charge in [-0.25, -0.2) is 4.39 Å². The molecule has 1 aromatic rings. The van der Waals surface area contributed by atoms with E-state index in [9.17, 15) is 14.0 Å². The Morgan fingerprint density at radius 2 is 2.22 bits per heavy atom. The third-order valence-corrected chi connectivity index (χ3v) is 2.11. The Labute approximate surface area is 102 Å². The zero-order valence-corrected chi connectivity index (χ0v) is 9.18. The molecule has 0 aliphatic rings. The van der Waals surface area contributed by atoms with E-state index >= 15 is 0 Å². The quantitative estimate of drug-likeness (QED) is 0.717. The second-order valence-electron chi connectivity index (χ2n) is 3.47. The number of anilines is 1. The number of benzene rings is 1.